The van der Waals surface area contributed by atoms with Crippen LogP contribution in [0.1, 0.15) is 33.1 Å². The van der Waals surface area contributed by atoms with Crippen molar-refractivity contribution in [2.24, 2.45) is 0 Å². The van der Waals surface area contributed by atoms with Crippen molar-refractivity contribution in [2.75, 3.05) is 21.3 Å². The predicted octanol–water partition coefficient (Wildman–Crippen LogP) is 2.08. The quantitative estimate of drug-likeness (QED) is 0.597. The van der Waals surface area contributed by atoms with Crippen LogP contribution in [0.4, 0.5) is 0 Å². The van der Waals surface area contributed by atoms with Crippen LogP contribution in [0.15, 0.2) is 18.2 Å². The van der Waals surface area contributed by atoms with E-state index < -0.39 is 0 Å². The molecule has 0 aliphatic heterocycles. The van der Waals surface area contributed by atoms with Crippen LogP contribution in [-0.4, -0.2) is 55.8 Å². The Morgan fingerprint density at radius 1 is 1.18 bits per heavy atom. The molecule has 3 rings (SSSR count). The maximum absolute atomic E-state index is 12.9. The van der Waals surface area contributed by atoms with Crippen molar-refractivity contribution in [3.8, 4) is 11.5 Å². The van der Waals surface area contributed by atoms with Gasteiger partial charge in [0.15, 0.2) is 17.2 Å². The first-order valence-electron chi connectivity index (χ1n) is 8.59. The number of ether oxygens (including phenoxy) is 2. The molecule has 0 unspecified atom stereocenters. The van der Waals surface area contributed by atoms with E-state index in [1.165, 1.54) is 0 Å². The Morgan fingerprint density at radius 2 is 1.93 bits per heavy atom. The van der Waals surface area contributed by atoms with Gasteiger partial charge in [-0.2, -0.15) is 8.75 Å². The van der Waals surface area contributed by atoms with Crippen LogP contribution in [-0.2, 0) is 13.1 Å². The first-order chi connectivity index (χ1) is 13.4. The highest BCUT2D eigenvalue weighted by Crippen LogP contribution is 2.28. The largest absolute Gasteiger partial charge is 0.493 e. The second kappa shape index (κ2) is 8.34. The molecule has 2 heterocycles. The predicted molar refractivity (Wildman–Crippen MR) is 104 cm³/mol. The van der Waals surface area contributed by atoms with E-state index in [0.717, 1.165) is 28.7 Å². The summed E-state index contributed by atoms with van der Waals surface area (Å²) in [5.41, 5.74) is 3.62. The van der Waals surface area contributed by atoms with Gasteiger partial charge in [0, 0.05) is 13.6 Å². The average Bonchev–Trinajstić information content (AvgIpc) is 3.27. The molecule has 0 radical (unpaired) electrons. The maximum Gasteiger partial charge on any atom is 0.276 e. The van der Waals surface area contributed by atoms with E-state index in [1.54, 1.807) is 30.8 Å². The lowest BCUT2D eigenvalue weighted by Gasteiger charge is -2.17. The van der Waals surface area contributed by atoms with Crippen molar-refractivity contribution in [2.45, 2.75) is 26.9 Å². The second-order valence-electron chi connectivity index (χ2n) is 6.33. The number of hydrogen-bond donors (Lipinski definition) is 0. The summed E-state index contributed by atoms with van der Waals surface area (Å²) in [7, 11) is 4.90. The minimum atomic E-state index is -0.202. The van der Waals surface area contributed by atoms with E-state index in [4.69, 9.17) is 9.47 Å². The van der Waals surface area contributed by atoms with Crippen molar-refractivity contribution < 1.29 is 14.3 Å². The number of hydrogen-bond acceptors (Lipinski definition) is 8. The molecule has 0 spiro atoms. The molecule has 0 bridgehead atoms. The number of carbonyl (C=O) groups excluding carboxylic acids is 1. The smallest absolute Gasteiger partial charge is 0.276 e. The molecular formula is C18H22N6O3S. The van der Waals surface area contributed by atoms with Crippen molar-refractivity contribution in [1.82, 2.24) is 28.6 Å². The third-order valence-electron chi connectivity index (χ3n) is 4.45. The zero-order valence-electron chi connectivity index (χ0n) is 16.5. The zero-order chi connectivity index (χ0) is 20.3. The molecule has 0 aliphatic rings. The number of aromatic nitrogens is 5. The van der Waals surface area contributed by atoms with E-state index in [9.17, 15) is 4.79 Å². The fourth-order valence-corrected chi connectivity index (χ4v) is 3.31. The summed E-state index contributed by atoms with van der Waals surface area (Å²) in [6.45, 7) is 4.56. The SMILES string of the molecule is COc1ccc(CN(C)C(=O)c2nnn(Cc3nsnc3C)c2C)cc1OC. The van der Waals surface area contributed by atoms with Gasteiger partial charge in [0.2, 0.25) is 0 Å². The fourth-order valence-electron chi connectivity index (χ4n) is 2.75. The number of methoxy groups -OCH3 is 2. The summed E-state index contributed by atoms with van der Waals surface area (Å²) >= 11 is 1.16. The van der Waals surface area contributed by atoms with Crippen LogP contribution < -0.4 is 9.47 Å². The van der Waals surface area contributed by atoms with Gasteiger partial charge in [-0.05, 0) is 31.5 Å². The number of nitrogens with zero attached hydrogens (tertiary/aromatic N) is 6. The van der Waals surface area contributed by atoms with Gasteiger partial charge >= 0.3 is 0 Å². The van der Waals surface area contributed by atoms with Gasteiger partial charge < -0.3 is 14.4 Å². The van der Waals surface area contributed by atoms with E-state index in [0.29, 0.717) is 36.0 Å². The monoisotopic (exact) mass is 402 g/mol. The summed E-state index contributed by atoms with van der Waals surface area (Å²) in [4.78, 5) is 14.5. The summed E-state index contributed by atoms with van der Waals surface area (Å²) in [6, 6.07) is 5.56. The highest BCUT2D eigenvalue weighted by atomic mass is 32.1. The lowest BCUT2D eigenvalue weighted by Crippen LogP contribution is -2.27. The highest BCUT2D eigenvalue weighted by molar-refractivity contribution is 6.99. The Balaban J connectivity index is 1.74. The van der Waals surface area contributed by atoms with Crippen molar-refractivity contribution in [3.63, 3.8) is 0 Å². The molecule has 3 aromatic rings. The molecule has 2 aromatic heterocycles. The van der Waals surface area contributed by atoms with Gasteiger partial charge in [0.05, 0.1) is 49.6 Å². The molecular weight excluding hydrogens is 380 g/mol. The van der Waals surface area contributed by atoms with E-state index in [2.05, 4.69) is 19.1 Å². The Bertz CT molecular complexity index is 984. The van der Waals surface area contributed by atoms with Crippen LogP contribution >= 0.6 is 11.7 Å². The molecule has 1 aromatic carbocycles. The van der Waals surface area contributed by atoms with Crippen LogP contribution in [0.3, 0.4) is 0 Å². The molecule has 148 valence electrons. The summed E-state index contributed by atoms with van der Waals surface area (Å²) in [5.74, 6) is 1.06. The van der Waals surface area contributed by atoms with Gasteiger partial charge in [-0.25, -0.2) is 4.68 Å². The van der Waals surface area contributed by atoms with Gasteiger partial charge in [-0.3, -0.25) is 4.79 Å². The van der Waals surface area contributed by atoms with Gasteiger partial charge in [-0.1, -0.05) is 11.3 Å². The van der Waals surface area contributed by atoms with Crippen LogP contribution in [0.2, 0.25) is 0 Å². The van der Waals surface area contributed by atoms with Crippen molar-refractivity contribution >= 4 is 17.6 Å². The number of carbonyl (C=O) groups is 1. The Kier molecular flexibility index (Phi) is 5.88. The molecule has 9 nitrogen and oxygen atoms in total. The standard InChI is InChI=1S/C18H22N6O3S/c1-11-14(21-28-20-11)10-24-12(2)17(19-22-24)18(25)23(3)9-13-6-7-15(26-4)16(8-13)27-5/h6-8H,9-10H2,1-5H3. The molecule has 10 heteroatoms. The lowest BCUT2D eigenvalue weighted by molar-refractivity contribution is 0.0778. The summed E-state index contributed by atoms with van der Waals surface area (Å²) < 4.78 is 20.6. The van der Waals surface area contributed by atoms with Gasteiger partial charge in [-0.15, -0.1) is 5.10 Å². The Labute approximate surface area is 167 Å². The zero-order valence-corrected chi connectivity index (χ0v) is 17.3. The molecule has 0 saturated heterocycles. The third kappa shape index (κ3) is 3.96. The molecule has 28 heavy (non-hydrogen) atoms. The molecule has 0 aliphatic carbocycles. The number of rotatable bonds is 7. The van der Waals surface area contributed by atoms with Gasteiger partial charge in [0.25, 0.3) is 5.91 Å². The van der Waals surface area contributed by atoms with Crippen molar-refractivity contribution in [1.29, 1.82) is 0 Å². The topological polar surface area (TPSA) is 95.3 Å². The summed E-state index contributed by atoms with van der Waals surface area (Å²) in [5, 5.41) is 8.19. The second-order valence-corrected chi connectivity index (χ2v) is 6.86. The number of amides is 1. The molecule has 0 atom stereocenters. The first kappa shape index (κ1) is 19.7. The highest BCUT2D eigenvalue weighted by Gasteiger charge is 2.21. The van der Waals surface area contributed by atoms with E-state index >= 15 is 0 Å². The van der Waals surface area contributed by atoms with E-state index in [1.807, 2.05) is 32.0 Å². The molecule has 0 N–H and O–H groups in total. The molecule has 1 amide bonds. The Hall–Kier alpha value is -3.01. The molecule has 0 saturated carbocycles. The third-order valence-corrected chi connectivity index (χ3v) is 5.10. The lowest BCUT2D eigenvalue weighted by atomic mass is 10.2. The molecule has 0 fully saturated rings. The van der Waals surface area contributed by atoms with E-state index in [-0.39, 0.29) is 5.91 Å². The minimum absolute atomic E-state index is 0.202. The van der Waals surface area contributed by atoms with Gasteiger partial charge in [0.1, 0.15) is 0 Å². The van der Waals surface area contributed by atoms with Crippen LogP contribution in [0, 0.1) is 13.8 Å². The fraction of sp³-hybridized carbons (Fsp3) is 0.389. The summed E-state index contributed by atoms with van der Waals surface area (Å²) in [6.07, 6.45) is 0. The maximum atomic E-state index is 12.9. The van der Waals surface area contributed by atoms with Crippen molar-refractivity contribution in [3.05, 3.63) is 46.5 Å². The average molecular weight is 402 g/mol. The van der Waals surface area contributed by atoms with Crippen LogP contribution in [0.5, 0.6) is 11.5 Å². The Morgan fingerprint density at radius 3 is 2.57 bits per heavy atom. The minimum Gasteiger partial charge on any atom is -0.493 e. The number of aryl methyl sites for hydroxylation is 1. The first-order valence-corrected chi connectivity index (χ1v) is 9.32. The van der Waals surface area contributed by atoms with Crippen LogP contribution in [0.25, 0.3) is 0 Å². The normalized spacial score (nSPS) is 10.8. The number of benzene rings is 1.